The van der Waals surface area contributed by atoms with Gasteiger partial charge in [-0.3, -0.25) is 4.68 Å². The van der Waals surface area contributed by atoms with E-state index in [2.05, 4.69) is 80.8 Å². The molecule has 1 aromatic carbocycles. The molecule has 1 aliphatic carbocycles. The Morgan fingerprint density at radius 3 is 2.71 bits per heavy atom. The van der Waals surface area contributed by atoms with Crippen LogP contribution in [0.25, 0.3) is 0 Å². The molecule has 2 aromatic heterocycles. The first-order valence-corrected chi connectivity index (χ1v) is 13.3. The molecule has 1 aliphatic heterocycles. The molecular formula is C31H40N4. The standard InChI is InChI=1S/C31H40N4/c1-21-16-23-11-13-25(31(2,3)4)19-29(23)24(17-21)18-27-20-28(35(5)34-27)10-6-9-26-14-12-22-8-7-15-32-30(22)33-26/h11-14,19-20,24H,1,6-10,15-18H2,2-5H3,(H,32,33). The van der Waals surface area contributed by atoms with Crippen LogP contribution in [-0.2, 0) is 44.6 Å². The van der Waals surface area contributed by atoms with E-state index in [0.29, 0.717) is 5.92 Å². The van der Waals surface area contributed by atoms with Crippen LogP contribution < -0.4 is 5.32 Å². The molecule has 2 aliphatic rings. The van der Waals surface area contributed by atoms with Crippen LogP contribution in [0.4, 0.5) is 5.82 Å². The summed E-state index contributed by atoms with van der Waals surface area (Å²) in [4.78, 5) is 4.86. The second kappa shape index (κ2) is 9.64. The third-order valence-electron chi connectivity index (χ3n) is 7.73. The Balaban J connectivity index is 1.26. The lowest BCUT2D eigenvalue weighted by molar-refractivity contribution is 0.578. The van der Waals surface area contributed by atoms with Crippen LogP contribution in [0.15, 0.2) is 48.6 Å². The number of rotatable bonds is 6. The van der Waals surface area contributed by atoms with E-state index in [9.17, 15) is 0 Å². The molecule has 0 saturated heterocycles. The Hall–Kier alpha value is -2.88. The molecule has 1 N–H and O–H groups in total. The Bertz CT molecular complexity index is 1230. The van der Waals surface area contributed by atoms with Crippen molar-refractivity contribution in [2.75, 3.05) is 11.9 Å². The number of anilines is 1. The number of nitrogens with one attached hydrogen (secondary N) is 1. The number of aryl methyl sites for hydroxylation is 4. The normalized spacial score (nSPS) is 17.6. The van der Waals surface area contributed by atoms with Crippen molar-refractivity contribution in [1.82, 2.24) is 14.8 Å². The maximum atomic E-state index is 4.92. The highest BCUT2D eigenvalue weighted by Crippen LogP contribution is 2.38. The molecule has 5 rings (SSSR count). The van der Waals surface area contributed by atoms with E-state index in [1.54, 1.807) is 0 Å². The molecule has 3 heterocycles. The third-order valence-corrected chi connectivity index (χ3v) is 7.73. The summed E-state index contributed by atoms with van der Waals surface area (Å²) in [5.74, 6) is 1.56. The van der Waals surface area contributed by atoms with Crippen molar-refractivity contribution in [2.24, 2.45) is 7.05 Å². The van der Waals surface area contributed by atoms with Gasteiger partial charge < -0.3 is 5.32 Å². The van der Waals surface area contributed by atoms with Crippen LogP contribution >= 0.6 is 0 Å². The summed E-state index contributed by atoms with van der Waals surface area (Å²) >= 11 is 0. The minimum atomic E-state index is 0.162. The van der Waals surface area contributed by atoms with Crippen molar-refractivity contribution in [1.29, 1.82) is 0 Å². The van der Waals surface area contributed by atoms with Gasteiger partial charge >= 0.3 is 0 Å². The summed E-state index contributed by atoms with van der Waals surface area (Å²) < 4.78 is 2.08. The molecule has 35 heavy (non-hydrogen) atoms. The number of hydrogen-bond acceptors (Lipinski definition) is 3. The first-order valence-electron chi connectivity index (χ1n) is 13.3. The maximum Gasteiger partial charge on any atom is 0.129 e. The number of pyridine rings is 1. The van der Waals surface area contributed by atoms with E-state index in [1.807, 2.05) is 0 Å². The van der Waals surface area contributed by atoms with E-state index < -0.39 is 0 Å². The van der Waals surface area contributed by atoms with Crippen molar-refractivity contribution in [3.63, 3.8) is 0 Å². The molecule has 4 nitrogen and oxygen atoms in total. The van der Waals surface area contributed by atoms with Gasteiger partial charge in [0.15, 0.2) is 0 Å². The van der Waals surface area contributed by atoms with Crippen LogP contribution in [0.2, 0.25) is 0 Å². The second-order valence-electron chi connectivity index (χ2n) is 11.6. The van der Waals surface area contributed by atoms with Crippen molar-refractivity contribution in [3.8, 4) is 0 Å². The fourth-order valence-corrected chi connectivity index (χ4v) is 5.70. The lowest BCUT2D eigenvalue weighted by Gasteiger charge is -2.29. The molecule has 0 fully saturated rings. The lowest BCUT2D eigenvalue weighted by Crippen LogP contribution is -2.17. The van der Waals surface area contributed by atoms with Gasteiger partial charge in [-0.1, -0.05) is 57.2 Å². The van der Waals surface area contributed by atoms with Gasteiger partial charge in [0, 0.05) is 25.0 Å². The van der Waals surface area contributed by atoms with Crippen LogP contribution in [0.3, 0.4) is 0 Å². The van der Waals surface area contributed by atoms with E-state index >= 15 is 0 Å². The van der Waals surface area contributed by atoms with E-state index in [1.165, 1.54) is 51.3 Å². The zero-order chi connectivity index (χ0) is 24.6. The largest absolute Gasteiger partial charge is 0.370 e. The fourth-order valence-electron chi connectivity index (χ4n) is 5.70. The van der Waals surface area contributed by atoms with Crippen LogP contribution in [-0.4, -0.2) is 21.3 Å². The van der Waals surface area contributed by atoms with E-state index in [4.69, 9.17) is 10.1 Å². The number of aromatic nitrogens is 3. The molecule has 1 atom stereocenters. The first kappa shape index (κ1) is 23.8. The molecule has 0 spiro atoms. The molecular weight excluding hydrogens is 428 g/mol. The average Bonchev–Trinajstić information content (AvgIpc) is 3.16. The maximum absolute atomic E-state index is 4.92. The lowest BCUT2D eigenvalue weighted by atomic mass is 9.75. The zero-order valence-corrected chi connectivity index (χ0v) is 22.0. The van der Waals surface area contributed by atoms with Crippen molar-refractivity contribution >= 4 is 5.82 Å². The molecule has 1 unspecified atom stereocenters. The molecule has 3 aromatic rings. The van der Waals surface area contributed by atoms with Crippen LogP contribution in [0.5, 0.6) is 0 Å². The van der Waals surface area contributed by atoms with Crippen molar-refractivity contribution in [3.05, 3.63) is 87.9 Å². The molecule has 0 radical (unpaired) electrons. The summed E-state index contributed by atoms with van der Waals surface area (Å²) in [7, 11) is 2.09. The zero-order valence-electron chi connectivity index (χ0n) is 22.0. The highest BCUT2D eigenvalue weighted by molar-refractivity contribution is 5.47. The summed E-state index contributed by atoms with van der Waals surface area (Å²) in [6.45, 7) is 12.3. The molecule has 0 saturated carbocycles. The monoisotopic (exact) mass is 468 g/mol. The smallest absolute Gasteiger partial charge is 0.129 e. The quantitative estimate of drug-likeness (QED) is 0.421. The Kier molecular flexibility index (Phi) is 6.57. The SMILES string of the molecule is C=C1Cc2ccc(C(C)(C)C)cc2C(Cc2cc(CCCc3ccc4c(n3)NCCC4)n(C)n2)C1. The van der Waals surface area contributed by atoms with Gasteiger partial charge in [-0.2, -0.15) is 5.10 Å². The van der Waals surface area contributed by atoms with Gasteiger partial charge in [0.2, 0.25) is 0 Å². The number of hydrogen-bond donors (Lipinski definition) is 1. The molecule has 0 bridgehead atoms. The Morgan fingerprint density at radius 1 is 1.06 bits per heavy atom. The third kappa shape index (κ3) is 5.37. The van der Waals surface area contributed by atoms with Gasteiger partial charge in [0.25, 0.3) is 0 Å². The summed E-state index contributed by atoms with van der Waals surface area (Å²) in [6.07, 6.45) is 8.51. The predicted octanol–water partition coefficient (Wildman–Crippen LogP) is 6.47. The summed E-state index contributed by atoms with van der Waals surface area (Å²) in [5, 5.41) is 8.37. The first-order chi connectivity index (χ1) is 16.8. The average molecular weight is 469 g/mol. The highest BCUT2D eigenvalue weighted by atomic mass is 15.3. The summed E-state index contributed by atoms with van der Waals surface area (Å²) in [6, 6.07) is 13.9. The number of nitrogens with zero attached hydrogens (tertiary/aromatic N) is 3. The molecule has 4 heteroatoms. The second-order valence-corrected chi connectivity index (χ2v) is 11.6. The number of allylic oxidation sites excluding steroid dienone is 1. The van der Waals surface area contributed by atoms with Gasteiger partial charge in [-0.25, -0.2) is 4.98 Å². The topological polar surface area (TPSA) is 42.7 Å². The van der Waals surface area contributed by atoms with E-state index in [-0.39, 0.29) is 5.41 Å². The van der Waals surface area contributed by atoms with Gasteiger partial charge in [0.1, 0.15) is 5.82 Å². The predicted molar refractivity (Wildman–Crippen MR) is 145 cm³/mol. The summed E-state index contributed by atoms with van der Waals surface area (Å²) in [5.41, 5.74) is 10.9. The van der Waals surface area contributed by atoms with Crippen LogP contribution in [0.1, 0.15) is 85.3 Å². The van der Waals surface area contributed by atoms with Crippen LogP contribution in [0, 0.1) is 0 Å². The van der Waals surface area contributed by atoms with Gasteiger partial charge in [-0.15, -0.1) is 0 Å². The number of fused-ring (bicyclic) bond motifs is 2. The van der Waals surface area contributed by atoms with Crippen molar-refractivity contribution < 1.29 is 0 Å². The minimum Gasteiger partial charge on any atom is -0.370 e. The van der Waals surface area contributed by atoms with E-state index in [0.717, 1.165) is 57.3 Å². The van der Waals surface area contributed by atoms with Gasteiger partial charge in [0.05, 0.1) is 5.69 Å². The minimum absolute atomic E-state index is 0.162. The fraction of sp³-hybridized carbons (Fsp3) is 0.484. The van der Waals surface area contributed by atoms with Crippen molar-refractivity contribution in [2.45, 2.75) is 83.5 Å². The number of benzene rings is 1. The molecule has 0 amide bonds. The molecule has 184 valence electrons. The van der Waals surface area contributed by atoms with Gasteiger partial charge in [-0.05, 0) is 97.1 Å². The highest BCUT2D eigenvalue weighted by Gasteiger charge is 2.26. The Labute approximate surface area is 210 Å². The Morgan fingerprint density at radius 2 is 1.89 bits per heavy atom.